The zero-order chi connectivity index (χ0) is 13.5. The van der Waals surface area contributed by atoms with Crippen molar-refractivity contribution in [3.05, 3.63) is 23.3 Å². The summed E-state index contributed by atoms with van der Waals surface area (Å²) in [5.41, 5.74) is -1.84. The molecule has 0 aliphatic heterocycles. The number of aliphatic carboxylic acids is 1. The monoisotopic (exact) mass is 258 g/mol. The Balaban J connectivity index is 2.60. The molecule has 0 spiro atoms. The molecule has 1 fully saturated rings. The average molecular weight is 258 g/mol. The summed E-state index contributed by atoms with van der Waals surface area (Å²) in [6.45, 7) is 0. The van der Waals surface area contributed by atoms with Crippen LogP contribution in [0, 0.1) is 0 Å². The Morgan fingerprint density at radius 1 is 1.44 bits per heavy atom. The van der Waals surface area contributed by atoms with Gasteiger partial charge in [-0.05, 0) is 25.0 Å². The van der Waals surface area contributed by atoms with Crippen LogP contribution in [0.2, 0.25) is 0 Å². The molecule has 4 nitrogen and oxygen atoms in total. The minimum atomic E-state index is -2.89. The quantitative estimate of drug-likeness (QED) is 0.870. The highest BCUT2D eigenvalue weighted by molar-refractivity contribution is 5.86. The lowest BCUT2D eigenvalue weighted by Crippen LogP contribution is -2.20. The Labute approximate surface area is 102 Å². The Morgan fingerprint density at radius 2 is 2.06 bits per heavy atom. The number of carboxylic acids is 1. The van der Waals surface area contributed by atoms with Gasteiger partial charge in [-0.25, -0.2) is 8.78 Å². The van der Waals surface area contributed by atoms with Crippen LogP contribution in [0.15, 0.2) is 12.1 Å². The van der Waals surface area contributed by atoms with Crippen molar-refractivity contribution in [3.8, 4) is 11.5 Å². The summed E-state index contributed by atoms with van der Waals surface area (Å²) in [4.78, 5) is 11.2. The topological polar surface area (TPSA) is 66.8 Å². The third-order valence-electron chi connectivity index (χ3n) is 3.26. The first-order valence-electron chi connectivity index (χ1n) is 5.35. The number of phenolic OH excluding ortho intramolecular Hbond substituents is 1. The molecule has 1 aliphatic carbocycles. The standard InChI is InChI=1S/C12H12F2O4/c1-18-6-4-7(10(13)14)9(15)8(5-6)12(2-3-12)11(16)17/h4-5,10,15H,2-3H2,1H3,(H,16,17). The number of phenols is 1. The van der Waals surface area contributed by atoms with E-state index < -0.39 is 29.1 Å². The summed E-state index contributed by atoms with van der Waals surface area (Å²) >= 11 is 0. The predicted octanol–water partition coefficient (Wildman–Crippen LogP) is 2.45. The molecule has 98 valence electrons. The van der Waals surface area contributed by atoms with E-state index in [-0.39, 0.29) is 11.3 Å². The van der Waals surface area contributed by atoms with E-state index in [9.17, 15) is 18.7 Å². The van der Waals surface area contributed by atoms with E-state index in [0.29, 0.717) is 12.8 Å². The van der Waals surface area contributed by atoms with Crippen LogP contribution in [0.1, 0.15) is 30.4 Å². The lowest BCUT2D eigenvalue weighted by molar-refractivity contribution is -0.140. The normalized spacial score (nSPS) is 16.7. The first kappa shape index (κ1) is 12.6. The van der Waals surface area contributed by atoms with Gasteiger partial charge in [-0.1, -0.05) is 0 Å². The maximum atomic E-state index is 12.8. The number of alkyl halides is 2. The SMILES string of the molecule is COc1cc(C(F)F)c(O)c(C2(C(=O)O)CC2)c1. The Kier molecular flexibility index (Phi) is 2.88. The van der Waals surface area contributed by atoms with Crippen LogP contribution in [0.5, 0.6) is 11.5 Å². The Morgan fingerprint density at radius 3 is 2.44 bits per heavy atom. The summed E-state index contributed by atoms with van der Waals surface area (Å²) in [6, 6.07) is 2.32. The van der Waals surface area contributed by atoms with Crippen molar-refractivity contribution < 1.29 is 28.5 Å². The van der Waals surface area contributed by atoms with E-state index >= 15 is 0 Å². The smallest absolute Gasteiger partial charge is 0.314 e. The van der Waals surface area contributed by atoms with Crippen LogP contribution in [0.4, 0.5) is 8.78 Å². The van der Waals surface area contributed by atoms with E-state index in [1.165, 1.54) is 13.2 Å². The van der Waals surface area contributed by atoms with Gasteiger partial charge in [-0.2, -0.15) is 0 Å². The molecule has 1 aromatic carbocycles. The lowest BCUT2D eigenvalue weighted by Gasteiger charge is -2.16. The number of carbonyl (C=O) groups is 1. The van der Waals surface area contributed by atoms with Crippen LogP contribution >= 0.6 is 0 Å². The number of halogens is 2. The van der Waals surface area contributed by atoms with Gasteiger partial charge in [0.1, 0.15) is 11.5 Å². The van der Waals surface area contributed by atoms with Gasteiger partial charge in [0.05, 0.1) is 18.1 Å². The third-order valence-corrected chi connectivity index (χ3v) is 3.26. The van der Waals surface area contributed by atoms with Crippen molar-refractivity contribution in [2.24, 2.45) is 0 Å². The zero-order valence-electron chi connectivity index (χ0n) is 9.61. The third kappa shape index (κ3) is 1.77. The van der Waals surface area contributed by atoms with Crippen molar-refractivity contribution in [2.75, 3.05) is 7.11 Å². The van der Waals surface area contributed by atoms with Gasteiger partial charge < -0.3 is 14.9 Å². The van der Waals surface area contributed by atoms with E-state index in [0.717, 1.165) is 6.07 Å². The molecule has 1 aromatic rings. The number of aromatic hydroxyl groups is 1. The Bertz CT molecular complexity index is 495. The molecule has 0 saturated heterocycles. The van der Waals surface area contributed by atoms with Gasteiger partial charge in [0.2, 0.25) is 0 Å². The number of benzene rings is 1. The minimum absolute atomic E-state index is 0.00431. The summed E-state index contributed by atoms with van der Waals surface area (Å²) < 4.78 is 30.4. The predicted molar refractivity (Wildman–Crippen MR) is 58.2 cm³/mol. The van der Waals surface area contributed by atoms with E-state index in [1.54, 1.807) is 0 Å². The second kappa shape index (κ2) is 4.12. The average Bonchev–Trinajstić information content (AvgIpc) is 3.10. The van der Waals surface area contributed by atoms with Crippen LogP contribution in [0.25, 0.3) is 0 Å². The zero-order valence-corrected chi connectivity index (χ0v) is 9.61. The van der Waals surface area contributed by atoms with Crippen LogP contribution in [-0.4, -0.2) is 23.3 Å². The second-order valence-corrected chi connectivity index (χ2v) is 4.30. The van der Waals surface area contributed by atoms with Gasteiger partial charge >= 0.3 is 5.97 Å². The fraction of sp³-hybridized carbons (Fsp3) is 0.417. The number of carboxylic acid groups (broad SMARTS) is 1. The van der Waals surface area contributed by atoms with Crippen molar-refractivity contribution >= 4 is 5.97 Å². The second-order valence-electron chi connectivity index (χ2n) is 4.30. The molecule has 6 heteroatoms. The highest BCUT2D eigenvalue weighted by Crippen LogP contribution is 2.53. The maximum absolute atomic E-state index is 12.8. The molecular formula is C12H12F2O4. The van der Waals surface area contributed by atoms with Crippen molar-refractivity contribution in [3.63, 3.8) is 0 Å². The molecular weight excluding hydrogens is 246 g/mol. The first-order chi connectivity index (χ1) is 8.42. The van der Waals surface area contributed by atoms with Gasteiger partial charge in [0.25, 0.3) is 6.43 Å². The summed E-state index contributed by atoms with van der Waals surface area (Å²) in [6.07, 6.45) is -2.24. The summed E-state index contributed by atoms with van der Waals surface area (Å²) in [5.74, 6) is -1.65. The first-order valence-corrected chi connectivity index (χ1v) is 5.35. The lowest BCUT2D eigenvalue weighted by atomic mass is 9.92. The van der Waals surface area contributed by atoms with Crippen LogP contribution in [-0.2, 0) is 10.2 Å². The fourth-order valence-electron chi connectivity index (χ4n) is 2.00. The summed E-state index contributed by atoms with van der Waals surface area (Å²) in [7, 11) is 1.30. The van der Waals surface area contributed by atoms with E-state index in [4.69, 9.17) is 9.84 Å². The van der Waals surface area contributed by atoms with Crippen LogP contribution < -0.4 is 4.74 Å². The molecule has 0 bridgehead atoms. The molecule has 2 N–H and O–H groups in total. The van der Waals surface area contributed by atoms with Gasteiger partial charge in [-0.15, -0.1) is 0 Å². The largest absolute Gasteiger partial charge is 0.507 e. The molecule has 1 aliphatic rings. The molecule has 0 unspecified atom stereocenters. The van der Waals surface area contributed by atoms with Gasteiger partial charge in [0.15, 0.2) is 0 Å². The molecule has 2 rings (SSSR count). The number of hydrogen-bond donors (Lipinski definition) is 2. The molecule has 0 radical (unpaired) electrons. The van der Waals surface area contributed by atoms with Crippen molar-refractivity contribution in [1.82, 2.24) is 0 Å². The van der Waals surface area contributed by atoms with E-state index in [2.05, 4.69) is 0 Å². The van der Waals surface area contributed by atoms with Crippen LogP contribution in [0.3, 0.4) is 0 Å². The van der Waals surface area contributed by atoms with Gasteiger partial charge in [0, 0.05) is 5.56 Å². The number of hydrogen-bond acceptors (Lipinski definition) is 3. The minimum Gasteiger partial charge on any atom is -0.507 e. The molecule has 18 heavy (non-hydrogen) atoms. The molecule has 1 saturated carbocycles. The number of ether oxygens (including phenoxy) is 1. The summed E-state index contributed by atoms with van der Waals surface area (Å²) in [5, 5.41) is 18.9. The molecule has 0 heterocycles. The molecule has 0 amide bonds. The highest BCUT2D eigenvalue weighted by Gasteiger charge is 2.54. The highest BCUT2D eigenvalue weighted by atomic mass is 19.3. The maximum Gasteiger partial charge on any atom is 0.314 e. The van der Waals surface area contributed by atoms with Crippen molar-refractivity contribution in [2.45, 2.75) is 24.7 Å². The fourth-order valence-corrected chi connectivity index (χ4v) is 2.00. The molecule has 0 aromatic heterocycles. The molecule has 0 atom stereocenters. The number of rotatable bonds is 4. The Hall–Kier alpha value is -1.85. The van der Waals surface area contributed by atoms with E-state index in [1.807, 2.05) is 0 Å². The van der Waals surface area contributed by atoms with Crippen molar-refractivity contribution in [1.29, 1.82) is 0 Å². The van der Waals surface area contributed by atoms with Gasteiger partial charge in [-0.3, -0.25) is 4.79 Å². The number of methoxy groups -OCH3 is 1.